The Morgan fingerprint density at radius 3 is 2.65 bits per heavy atom. The van der Waals surface area contributed by atoms with Crippen molar-refractivity contribution in [2.75, 3.05) is 31.9 Å². The Labute approximate surface area is 155 Å². The van der Waals surface area contributed by atoms with Gasteiger partial charge in [0.25, 0.3) is 0 Å². The zero-order valence-corrected chi connectivity index (χ0v) is 16.8. The van der Waals surface area contributed by atoms with E-state index < -0.39 is 10.0 Å². The number of halogens is 1. The number of hydrogen-bond donors (Lipinski definition) is 3. The third-order valence-corrected chi connectivity index (χ3v) is 4.24. The Morgan fingerprint density at radius 1 is 1.26 bits per heavy atom. The van der Waals surface area contributed by atoms with Gasteiger partial charge in [-0.1, -0.05) is 0 Å². The van der Waals surface area contributed by atoms with Gasteiger partial charge < -0.3 is 10.6 Å². The molecule has 0 saturated carbocycles. The number of nitrogens with one attached hydrogen (secondary N) is 3. The summed E-state index contributed by atoms with van der Waals surface area (Å²) in [7, 11) is -3.14. The summed E-state index contributed by atoms with van der Waals surface area (Å²) in [5.41, 5.74) is 0. The van der Waals surface area contributed by atoms with Gasteiger partial charge in [0.15, 0.2) is 5.96 Å². The van der Waals surface area contributed by atoms with Crippen LogP contribution in [0.4, 0.5) is 0 Å². The van der Waals surface area contributed by atoms with Gasteiger partial charge in [0.05, 0.1) is 5.75 Å². The molecular weight excluding hydrogens is 431 g/mol. The topological polar surface area (TPSA) is 100 Å². The first-order valence-electron chi connectivity index (χ1n) is 7.54. The monoisotopic (exact) mass is 458 g/mol. The Morgan fingerprint density at radius 2 is 2.04 bits per heavy atom. The minimum atomic E-state index is -3.14. The van der Waals surface area contributed by atoms with E-state index in [1.54, 1.807) is 13.1 Å². The molecule has 1 aromatic rings. The van der Waals surface area contributed by atoms with Crippen LogP contribution in [0.1, 0.15) is 20.3 Å². The second-order valence-electron chi connectivity index (χ2n) is 4.61. The smallest absolute Gasteiger partial charge is 0.211 e. The second kappa shape index (κ2) is 12.5. The zero-order chi connectivity index (χ0) is 16.3. The molecule has 1 heterocycles. The van der Waals surface area contributed by atoms with Gasteiger partial charge >= 0.3 is 0 Å². The number of aromatic nitrogens is 2. The number of rotatable bonds is 10. The molecule has 134 valence electrons. The first kappa shape index (κ1) is 22.1. The van der Waals surface area contributed by atoms with Crippen molar-refractivity contribution in [2.45, 2.75) is 26.8 Å². The molecule has 0 atom stereocenters. The third kappa shape index (κ3) is 10.5. The molecule has 0 aromatic carbocycles. The van der Waals surface area contributed by atoms with Crippen LogP contribution in [0.3, 0.4) is 0 Å². The van der Waals surface area contributed by atoms with E-state index in [-0.39, 0.29) is 29.7 Å². The van der Waals surface area contributed by atoms with E-state index in [2.05, 4.69) is 25.4 Å². The van der Waals surface area contributed by atoms with Gasteiger partial charge in [-0.15, -0.1) is 24.0 Å². The van der Waals surface area contributed by atoms with E-state index in [4.69, 9.17) is 0 Å². The third-order valence-electron chi connectivity index (χ3n) is 2.84. The van der Waals surface area contributed by atoms with E-state index in [1.807, 2.05) is 23.9 Å². The molecule has 0 spiro atoms. The average Bonchev–Trinajstić information content (AvgIpc) is 3.01. The maximum Gasteiger partial charge on any atom is 0.211 e. The molecule has 0 fully saturated rings. The number of nitrogens with zero attached hydrogens (tertiary/aromatic N) is 3. The molecule has 1 rings (SSSR count). The molecule has 0 aliphatic carbocycles. The number of sulfonamides is 1. The predicted molar refractivity (Wildman–Crippen MR) is 104 cm³/mol. The molecule has 0 aliphatic rings. The highest BCUT2D eigenvalue weighted by molar-refractivity contribution is 14.0. The van der Waals surface area contributed by atoms with Crippen molar-refractivity contribution in [2.24, 2.45) is 4.99 Å². The maximum atomic E-state index is 11.3. The van der Waals surface area contributed by atoms with Crippen LogP contribution in [-0.4, -0.2) is 56.1 Å². The highest BCUT2D eigenvalue weighted by Gasteiger charge is 2.04. The fourth-order valence-corrected chi connectivity index (χ4v) is 2.30. The molecule has 8 nitrogen and oxygen atoms in total. The minimum absolute atomic E-state index is 0. The summed E-state index contributed by atoms with van der Waals surface area (Å²) >= 11 is 0. The van der Waals surface area contributed by atoms with Crippen LogP contribution in [0.5, 0.6) is 0 Å². The number of hydrogen-bond acceptors (Lipinski definition) is 4. The van der Waals surface area contributed by atoms with Crippen LogP contribution in [0.25, 0.3) is 0 Å². The largest absolute Gasteiger partial charge is 0.357 e. The Hall–Kier alpha value is -0.880. The number of guanidine groups is 1. The lowest BCUT2D eigenvalue weighted by Gasteiger charge is -2.11. The van der Waals surface area contributed by atoms with Crippen molar-refractivity contribution in [3.8, 4) is 0 Å². The summed E-state index contributed by atoms with van der Waals surface area (Å²) in [6.45, 7) is 6.69. The summed E-state index contributed by atoms with van der Waals surface area (Å²) in [6, 6.07) is 1.90. The fraction of sp³-hybridized carbons (Fsp3) is 0.692. The molecule has 0 amide bonds. The maximum absolute atomic E-state index is 11.3. The molecule has 23 heavy (non-hydrogen) atoms. The molecule has 0 unspecified atom stereocenters. The standard InChI is InChI=1S/C13H26N6O2S.HI/c1-3-14-13(16-9-10-18-22(20,21)4-2)15-7-5-11-19-12-6-8-17-19;/h6,8,12,18H,3-5,7,9-11H2,1-2H3,(H2,14,15,16);1H. The summed E-state index contributed by atoms with van der Waals surface area (Å²) in [5.74, 6) is 0.785. The van der Waals surface area contributed by atoms with Gasteiger partial charge in [-0.25, -0.2) is 13.1 Å². The van der Waals surface area contributed by atoms with Crippen molar-refractivity contribution in [3.05, 3.63) is 18.5 Å². The second-order valence-corrected chi connectivity index (χ2v) is 6.70. The number of aryl methyl sites for hydroxylation is 1. The fourth-order valence-electron chi connectivity index (χ4n) is 1.69. The average molecular weight is 458 g/mol. The van der Waals surface area contributed by atoms with Gasteiger partial charge in [0.2, 0.25) is 10.0 Å². The highest BCUT2D eigenvalue weighted by Crippen LogP contribution is 1.90. The lowest BCUT2D eigenvalue weighted by atomic mass is 10.4. The van der Waals surface area contributed by atoms with Crippen LogP contribution in [0.2, 0.25) is 0 Å². The molecule has 0 radical (unpaired) electrons. The summed E-state index contributed by atoms with van der Waals surface area (Å²) in [4.78, 5) is 4.44. The van der Waals surface area contributed by atoms with Gasteiger partial charge in [0, 0.05) is 45.1 Å². The predicted octanol–water partition coefficient (Wildman–Crippen LogP) is 0.386. The van der Waals surface area contributed by atoms with E-state index in [1.165, 1.54) is 0 Å². The van der Waals surface area contributed by atoms with E-state index in [0.29, 0.717) is 25.6 Å². The summed E-state index contributed by atoms with van der Waals surface area (Å²) < 4.78 is 27.0. The van der Waals surface area contributed by atoms with Gasteiger partial charge in [0.1, 0.15) is 0 Å². The molecule has 0 bridgehead atoms. The molecule has 3 N–H and O–H groups in total. The normalized spacial score (nSPS) is 11.8. The lowest BCUT2D eigenvalue weighted by molar-refractivity contribution is 0.580. The van der Waals surface area contributed by atoms with Crippen LogP contribution in [0.15, 0.2) is 23.5 Å². The van der Waals surface area contributed by atoms with E-state index >= 15 is 0 Å². The molecule has 0 saturated heterocycles. The molecular formula is C13H27IN6O2S. The SMILES string of the molecule is CCNC(=NCCCn1cccn1)NCCNS(=O)(=O)CC.I. The van der Waals surface area contributed by atoms with Crippen molar-refractivity contribution in [3.63, 3.8) is 0 Å². The van der Waals surface area contributed by atoms with Crippen LogP contribution < -0.4 is 15.4 Å². The van der Waals surface area contributed by atoms with Crippen molar-refractivity contribution in [1.82, 2.24) is 25.1 Å². The Balaban J connectivity index is 0.00000484. The van der Waals surface area contributed by atoms with E-state index in [9.17, 15) is 8.42 Å². The van der Waals surface area contributed by atoms with Crippen LogP contribution in [-0.2, 0) is 16.6 Å². The van der Waals surface area contributed by atoms with Crippen molar-refractivity contribution in [1.29, 1.82) is 0 Å². The van der Waals surface area contributed by atoms with Crippen molar-refractivity contribution < 1.29 is 8.42 Å². The van der Waals surface area contributed by atoms with Gasteiger partial charge in [-0.3, -0.25) is 9.67 Å². The van der Waals surface area contributed by atoms with Crippen LogP contribution >= 0.6 is 24.0 Å². The summed E-state index contributed by atoms with van der Waals surface area (Å²) in [5, 5.41) is 10.4. The molecule has 0 aliphatic heterocycles. The first-order chi connectivity index (χ1) is 10.6. The zero-order valence-electron chi connectivity index (χ0n) is 13.7. The first-order valence-corrected chi connectivity index (χ1v) is 9.19. The van der Waals surface area contributed by atoms with Crippen molar-refractivity contribution >= 4 is 40.0 Å². The highest BCUT2D eigenvalue weighted by atomic mass is 127. The van der Waals surface area contributed by atoms with E-state index in [0.717, 1.165) is 19.5 Å². The summed E-state index contributed by atoms with van der Waals surface area (Å²) in [6.07, 6.45) is 4.57. The van der Waals surface area contributed by atoms with Gasteiger partial charge in [-0.2, -0.15) is 5.10 Å². The van der Waals surface area contributed by atoms with Gasteiger partial charge in [-0.05, 0) is 26.3 Å². The molecule has 10 heteroatoms. The van der Waals surface area contributed by atoms with Crippen LogP contribution in [0, 0.1) is 0 Å². The Kier molecular flexibility index (Phi) is 12.1. The number of aliphatic imine (C=N–C) groups is 1. The molecule has 1 aromatic heterocycles. The minimum Gasteiger partial charge on any atom is -0.357 e. The lowest BCUT2D eigenvalue weighted by Crippen LogP contribution is -2.41. The Bertz CT molecular complexity index is 533. The quantitative estimate of drug-likeness (QED) is 0.204.